The van der Waals surface area contributed by atoms with Gasteiger partial charge in [0.1, 0.15) is 18.7 Å². The molecular formula is C26H28N4O5. The van der Waals surface area contributed by atoms with Crippen LogP contribution in [0, 0.1) is 5.92 Å². The van der Waals surface area contributed by atoms with Crippen molar-refractivity contribution in [3.05, 3.63) is 77.9 Å². The second-order valence-corrected chi connectivity index (χ2v) is 8.87. The number of H-pyrrole nitrogens is 1. The average molecular weight is 477 g/mol. The molecular weight excluding hydrogens is 448 g/mol. The minimum absolute atomic E-state index is 0.0385. The summed E-state index contributed by atoms with van der Waals surface area (Å²) < 4.78 is 5.55. The zero-order valence-electron chi connectivity index (χ0n) is 19.5. The Morgan fingerprint density at radius 3 is 2.20 bits per heavy atom. The number of nitrogens with zero attached hydrogens (tertiary/aromatic N) is 1. The third-order valence-electron chi connectivity index (χ3n) is 6.16. The number of carboxylic acid groups (broad SMARTS) is 1. The van der Waals surface area contributed by atoms with Gasteiger partial charge in [-0.2, -0.15) is 0 Å². The Hall–Kier alpha value is -4.14. The summed E-state index contributed by atoms with van der Waals surface area (Å²) in [4.78, 5) is 43.9. The number of ether oxygens (including phenoxy) is 1. The third-order valence-corrected chi connectivity index (χ3v) is 6.16. The number of benzene rings is 2. The SMILES string of the molecule is CC(C)[C@@H](NC(=O)OCC1c2ccccc2-c2ccccc21)C(=O)NC(Cc1cnc[nH]1)C(=O)O. The molecule has 4 rings (SSSR count). The molecule has 4 N–H and O–H groups in total. The number of rotatable bonds is 9. The number of amides is 2. The standard InChI is InChI=1S/C26H28N4O5/c1-15(2)23(24(31)29-22(25(32)33)11-16-12-27-14-28-16)30-26(34)35-13-21-19-9-5-3-7-17(19)18-8-4-6-10-20(18)21/h3-10,12,14-15,21-23H,11,13H2,1-2H3,(H,27,28)(H,29,31)(H,30,34)(H,32,33)/t22?,23-/m1/s1. The zero-order chi connectivity index (χ0) is 24.9. The molecule has 2 amide bonds. The van der Waals surface area contributed by atoms with Gasteiger partial charge in [-0.15, -0.1) is 0 Å². The van der Waals surface area contributed by atoms with Crippen LogP contribution in [0.15, 0.2) is 61.1 Å². The van der Waals surface area contributed by atoms with Crippen molar-refractivity contribution in [1.82, 2.24) is 20.6 Å². The van der Waals surface area contributed by atoms with Crippen molar-refractivity contribution in [2.75, 3.05) is 6.61 Å². The Bertz CT molecular complexity index is 1160. The van der Waals surface area contributed by atoms with Crippen molar-refractivity contribution in [1.29, 1.82) is 0 Å². The number of aliphatic carboxylic acids is 1. The fraction of sp³-hybridized carbons (Fsp3) is 0.308. The van der Waals surface area contributed by atoms with Crippen molar-refractivity contribution in [3.63, 3.8) is 0 Å². The molecule has 0 fully saturated rings. The smallest absolute Gasteiger partial charge is 0.407 e. The summed E-state index contributed by atoms with van der Waals surface area (Å²) in [6.45, 7) is 3.64. The molecule has 182 valence electrons. The number of fused-ring (bicyclic) bond motifs is 3. The van der Waals surface area contributed by atoms with Crippen LogP contribution in [0.5, 0.6) is 0 Å². The summed E-state index contributed by atoms with van der Waals surface area (Å²) >= 11 is 0. The molecule has 35 heavy (non-hydrogen) atoms. The third kappa shape index (κ3) is 5.34. The van der Waals surface area contributed by atoms with E-state index in [1.54, 1.807) is 13.8 Å². The van der Waals surface area contributed by atoms with Crippen LogP contribution in [0.3, 0.4) is 0 Å². The predicted octanol–water partition coefficient (Wildman–Crippen LogP) is 3.08. The number of hydrogen-bond acceptors (Lipinski definition) is 5. The van der Waals surface area contributed by atoms with Gasteiger partial charge in [-0.05, 0) is 28.2 Å². The molecule has 1 aromatic heterocycles. The van der Waals surface area contributed by atoms with Gasteiger partial charge in [-0.25, -0.2) is 14.6 Å². The Morgan fingerprint density at radius 2 is 1.66 bits per heavy atom. The lowest BCUT2D eigenvalue weighted by Gasteiger charge is -2.24. The van der Waals surface area contributed by atoms with Gasteiger partial charge >= 0.3 is 12.1 Å². The second-order valence-electron chi connectivity index (χ2n) is 8.87. The van der Waals surface area contributed by atoms with Crippen molar-refractivity contribution >= 4 is 18.0 Å². The number of carbonyl (C=O) groups is 3. The van der Waals surface area contributed by atoms with Crippen LogP contribution >= 0.6 is 0 Å². The van der Waals surface area contributed by atoms with Gasteiger partial charge in [0.2, 0.25) is 5.91 Å². The molecule has 0 saturated carbocycles. The van der Waals surface area contributed by atoms with E-state index in [1.165, 1.54) is 12.5 Å². The van der Waals surface area contributed by atoms with E-state index in [9.17, 15) is 19.5 Å². The molecule has 0 radical (unpaired) electrons. The van der Waals surface area contributed by atoms with Crippen LogP contribution in [0.2, 0.25) is 0 Å². The Labute approximate surface area is 202 Å². The largest absolute Gasteiger partial charge is 0.480 e. The number of aromatic amines is 1. The first-order valence-electron chi connectivity index (χ1n) is 11.5. The minimum Gasteiger partial charge on any atom is -0.480 e. The van der Waals surface area contributed by atoms with Crippen molar-refractivity contribution in [3.8, 4) is 11.1 Å². The maximum atomic E-state index is 12.9. The first-order chi connectivity index (χ1) is 16.8. The molecule has 1 aliphatic rings. The highest BCUT2D eigenvalue weighted by Crippen LogP contribution is 2.44. The summed E-state index contributed by atoms with van der Waals surface area (Å²) in [5, 5.41) is 14.6. The highest BCUT2D eigenvalue weighted by molar-refractivity contribution is 5.89. The number of aromatic nitrogens is 2. The van der Waals surface area contributed by atoms with Gasteiger partial charge in [0.15, 0.2) is 0 Å². The van der Waals surface area contributed by atoms with Crippen molar-refractivity contribution in [2.45, 2.75) is 38.3 Å². The van der Waals surface area contributed by atoms with Crippen LogP contribution in [0.1, 0.15) is 36.6 Å². The van der Waals surface area contributed by atoms with Crippen molar-refractivity contribution in [2.24, 2.45) is 5.92 Å². The summed E-state index contributed by atoms with van der Waals surface area (Å²) in [6, 6.07) is 13.9. The van der Waals surface area contributed by atoms with Crippen molar-refractivity contribution < 1.29 is 24.2 Å². The number of hydrogen-bond donors (Lipinski definition) is 4. The van der Waals surface area contributed by atoms with Crippen LogP contribution in [0.4, 0.5) is 4.79 Å². The molecule has 9 nitrogen and oxygen atoms in total. The molecule has 0 aliphatic heterocycles. The summed E-state index contributed by atoms with van der Waals surface area (Å²) in [5.74, 6) is -2.18. The van der Waals surface area contributed by atoms with E-state index in [0.29, 0.717) is 5.69 Å². The van der Waals surface area contributed by atoms with E-state index in [1.807, 2.05) is 36.4 Å². The number of carboxylic acids is 1. The Balaban J connectivity index is 1.39. The van der Waals surface area contributed by atoms with Gasteiger partial charge in [0, 0.05) is 24.2 Å². The zero-order valence-corrected chi connectivity index (χ0v) is 19.5. The molecule has 2 aromatic carbocycles. The number of nitrogens with one attached hydrogen (secondary N) is 3. The quantitative estimate of drug-likeness (QED) is 0.375. The van der Waals surface area contributed by atoms with E-state index in [0.717, 1.165) is 22.3 Å². The highest BCUT2D eigenvalue weighted by atomic mass is 16.5. The number of imidazole rings is 1. The van der Waals surface area contributed by atoms with Crippen LogP contribution in [-0.2, 0) is 20.7 Å². The molecule has 2 atom stereocenters. The van der Waals surface area contributed by atoms with Crippen LogP contribution < -0.4 is 10.6 Å². The van der Waals surface area contributed by atoms with Gasteiger partial charge < -0.3 is 25.5 Å². The summed E-state index contributed by atoms with van der Waals surface area (Å²) in [7, 11) is 0. The van der Waals surface area contributed by atoms with Gasteiger partial charge in [-0.1, -0.05) is 62.4 Å². The maximum absolute atomic E-state index is 12.9. The lowest BCUT2D eigenvalue weighted by atomic mass is 9.98. The summed E-state index contributed by atoms with van der Waals surface area (Å²) in [6.07, 6.45) is 2.24. The van der Waals surface area contributed by atoms with E-state index in [4.69, 9.17) is 4.74 Å². The lowest BCUT2D eigenvalue weighted by Crippen LogP contribution is -2.54. The monoisotopic (exact) mass is 476 g/mol. The van der Waals surface area contributed by atoms with Gasteiger partial charge in [0.05, 0.1) is 6.33 Å². The Morgan fingerprint density at radius 1 is 1.03 bits per heavy atom. The topological polar surface area (TPSA) is 133 Å². The van der Waals surface area contributed by atoms with Crippen LogP contribution in [-0.4, -0.2) is 51.7 Å². The molecule has 1 unspecified atom stereocenters. The van der Waals surface area contributed by atoms with E-state index >= 15 is 0 Å². The maximum Gasteiger partial charge on any atom is 0.407 e. The molecule has 1 aliphatic carbocycles. The normalized spacial score (nSPS) is 14.0. The molecule has 3 aromatic rings. The summed E-state index contributed by atoms with van der Waals surface area (Å²) in [5.41, 5.74) is 4.98. The molecule has 0 saturated heterocycles. The first kappa shape index (κ1) is 24.0. The van der Waals surface area contributed by atoms with Crippen LogP contribution in [0.25, 0.3) is 11.1 Å². The molecule has 1 heterocycles. The number of alkyl carbamates (subject to hydrolysis) is 1. The fourth-order valence-electron chi connectivity index (χ4n) is 4.38. The second kappa shape index (κ2) is 10.4. The number of carbonyl (C=O) groups excluding carboxylic acids is 2. The predicted molar refractivity (Wildman–Crippen MR) is 129 cm³/mol. The average Bonchev–Trinajstić information content (AvgIpc) is 3.46. The van der Waals surface area contributed by atoms with E-state index < -0.39 is 30.1 Å². The lowest BCUT2D eigenvalue weighted by molar-refractivity contribution is -0.142. The fourth-order valence-corrected chi connectivity index (χ4v) is 4.38. The molecule has 0 bridgehead atoms. The minimum atomic E-state index is -1.18. The van der Waals surface area contributed by atoms with E-state index in [2.05, 4.69) is 32.7 Å². The highest BCUT2D eigenvalue weighted by Gasteiger charge is 2.32. The molecule has 0 spiro atoms. The Kier molecular flexibility index (Phi) is 7.14. The van der Waals surface area contributed by atoms with Gasteiger partial charge in [-0.3, -0.25) is 4.79 Å². The van der Waals surface area contributed by atoms with Gasteiger partial charge in [0.25, 0.3) is 0 Å². The van der Waals surface area contributed by atoms with E-state index in [-0.39, 0.29) is 24.9 Å². The molecule has 9 heteroatoms. The first-order valence-corrected chi connectivity index (χ1v) is 11.5.